The molecule has 0 saturated carbocycles. The number of nitrogens with one attached hydrogen (secondary N) is 1. The van der Waals surface area contributed by atoms with Gasteiger partial charge in [-0.25, -0.2) is 0 Å². The van der Waals surface area contributed by atoms with E-state index in [0.717, 1.165) is 49.4 Å². The molecule has 58 heavy (non-hydrogen) atoms. The second kappa shape index (κ2) is 15.7. The van der Waals surface area contributed by atoms with E-state index in [4.69, 9.17) is 32.8 Å². The number of amides is 1. The number of likely N-dealkylation sites (N-methyl/N-ethyl adjacent to an activating group) is 1. The van der Waals surface area contributed by atoms with Gasteiger partial charge < -0.3 is 48.4 Å². The van der Waals surface area contributed by atoms with Crippen LogP contribution in [0.1, 0.15) is 56.0 Å². The van der Waals surface area contributed by atoms with Crippen LogP contribution in [0.4, 0.5) is 0 Å². The van der Waals surface area contributed by atoms with Gasteiger partial charge in [-0.2, -0.15) is 5.26 Å². The molecule has 2 fully saturated rings. The van der Waals surface area contributed by atoms with E-state index in [1.54, 1.807) is 26.4 Å². The molecule has 4 aromatic rings. The minimum atomic E-state index is -0.724. The van der Waals surface area contributed by atoms with E-state index in [9.17, 15) is 20.3 Å². The zero-order chi connectivity index (χ0) is 41.0. The fourth-order valence-corrected chi connectivity index (χ4v) is 10.0. The Kier molecular flexibility index (Phi) is 10.7. The number of furan rings is 1. The third-order valence-corrected chi connectivity index (χ3v) is 12.6. The zero-order valence-electron chi connectivity index (χ0n) is 34.0. The summed E-state index contributed by atoms with van der Waals surface area (Å²) in [5.41, 5.74) is 4.56. The van der Waals surface area contributed by atoms with Crippen molar-refractivity contribution in [2.45, 2.75) is 56.9 Å². The predicted molar refractivity (Wildman–Crippen MR) is 213 cm³/mol. The fraction of sp³-hybridized carbons (Fsp3) is 0.488. The van der Waals surface area contributed by atoms with Gasteiger partial charge in [-0.05, 0) is 58.0 Å². The number of nitriles is 1. The molecule has 1 amide bonds. The van der Waals surface area contributed by atoms with E-state index < -0.39 is 30.1 Å². The van der Waals surface area contributed by atoms with Gasteiger partial charge in [-0.3, -0.25) is 19.5 Å². The Morgan fingerprint density at radius 3 is 2.16 bits per heavy atom. The van der Waals surface area contributed by atoms with Crippen LogP contribution < -0.4 is 29.0 Å². The van der Waals surface area contributed by atoms with Gasteiger partial charge in [0.2, 0.25) is 0 Å². The van der Waals surface area contributed by atoms with Crippen molar-refractivity contribution in [1.29, 1.82) is 5.26 Å². The van der Waals surface area contributed by atoms with Crippen molar-refractivity contribution in [3.05, 3.63) is 63.4 Å². The minimum absolute atomic E-state index is 0.00107. The van der Waals surface area contributed by atoms with Gasteiger partial charge in [0, 0.05) is 77.0 Å². The largest absolute Gasteiger partial charge is 0.504 e. The van der Waals surface area contributed by atoms with Crippen molar-refractivity contribution in [2.75, 3.05) is 81.5 Å². The number of morpholine rings is 1. The van der Waals surface area contributed by atoms with Crippen LogP contribution in [0.3, 0.4) is 0 Å². The van der Waals surface area contributed by atoms with Crippen molar-refractivity contribution < 1.29 is 47.8 Å². The van der Waals surface area contributed by atoms with Gasteiger partial charge in [-0.15, -0.1) is 0 Å². The van der Waals surface area contributed by atoms with E-state index in [0.29, 0.717) is 70.3 Å². The van der Waals surface area contributed by atoms with E-state index in [-0.39, 0.29) is 35.6 Å². The van der Waals surface area contributed by atoms with E-state index in [1.807, 2.05) is 33.0 Å². The van der Waals surface area contributed by atoms with Crippen molar-refractivity contribution in [2.24, 2.45) is 0 Å². The lowest BCUT2D eigenvalue weighted by Gasteiger charge is -2.60. The summed E-state index contributed by atoms with van der Waals surface area (Å²) in [6.45, 7) is 8.19. The molecule has 0 unspecified atom stereocenters. The summed E-state index contributed by atoms with van der Waals surface area (Å²) in [7, 11) is 8.15. The summed E-state index contributed by atoms with van der Waals surface area (Å²) in [5.74, 6) is 1.99. The smallest absolute Gasteiger partial charge is 0.287 e. The molecule has 2 saturated heterocycles. The highest BCUT2D eigenvalue weighted by molar-refractivity contribution is 5.96. The van der Waals surface area contributed by atoms with Crippen LogP contribution in [0.15, 0.2) is 28.7 Å². The minimum Gasteiger partial charge on any atom is -0.504 e. The standard InChI is InChI=1S/C43H51N5O10/c1-22-39(52-4)26-19-29-36-35-27(40(53-5)23(2)42(55-7)38(35)50)18-28(46(36)3)30(20-44)48(29)31(34(26)37(49)41(22)54-6)21-45-43(51)33-17-24-16-25(8-9-32(24)58-33)57-15-12-47-10-13-56-14-11-47/h8-9,16-17,28-31,36,49-50H,10-15,18-19,21H2,1-7H3,(H,45,51)/t28-,29-,30-,31-,36-/m0/s1. The lowest BCUT2D eigenvalue weighted by Crippen LogP contribution is -2.68. The summed E-state index contributed by atoms with van der Waals surface area (Å²) in [6, 6.07) is 7.11. The number of fused-ring (bicyclic) bond motifs is 8. The Morgan fingerprint density at radius 1 is 0.897 bits per heavy atom. The Hall–Kier alpha value is -5.40. The fourth-order valence-electron chi connectivity index (χ4n) is 10.0. The molecule has 0 aliphatic carbocycles. The summed E-state index contributed by atoms with van der Waals surface area (Å²) in [4.78, 5) is 20.6. The van der Waals surface area contributed by atoms with Crippen LogP contribution in [0.5, 0.6) is 40.2 Å². The molecule has 5 heterocycles. The predicted octanol–water partition coefficient (Wildman–Crippen LogP) is 4.41. The lowest BCUT2D eigenvalue weighted by atomic mass is 9.71. The van der Waals surface area contributed by atoms with Crippen LogP contribution >= 0.6 is 0 Å². The third-order valence-electron chi connectivity index (χ3n) is 12.6. The average molecular weight is 798 g/mol. The van der Waals surface area contributed by atoms with Crippen LogP contribution in [-0.4, -0.2) is 130 Å². The van der Waals surface area contributed by atoms with Crippen molar-refractivity contribution in [3.8, 4) is 46.3 Å². The van der Waals surface area contributed by atoms with Crippen LogP contribution in [0, 0.1) is 25.2 Å². The molecule has 15 nitrogen and oxygen atoms in total. The molecule has 0 radical (unpaired) electrons. The van der Waals surface area contributed by atoms with E-state index >= 15 is 0 Å². The third kappa shape index (κ3) is 6.30. The molecular formula is C43H51N5O10. The van der Waals surface area contributed by atoms with Crippen LogP contribution in [0.2, 0.25) is 0 Å². The number of rotatable bonds is 11. The Bertz CT molecular complexity index is 2280. The number of piperazine rings is 1. The molecule has 8 rings (SSSR count). The molecule has 0 spiro atoms. The molecule has 4 aliphatic rings. The Balaban J connectivity index is 1.16. The molecule has 3 aromatic carbocycles. The van der Waals surface area contributed by atoms with Gasteiger partial charge >= 0.3 is 0 Å². The molecule has 2 bridgehead atoms. The summed E-state index contributed by atoms with van der Waals surface area (Å²) >= 11 is 0. The number of carbonyl (C=O) groups excluding carboxylic acids is 1. The van der Waals surface area contributed by atoms with Gasteiger partial charge in [-0.1, -0.05) is 0 Å². The maximum absolute atomic E-state index is 14.0. The molecular weight excluding hydrogens is 746 g/mol. The number of ether oxygens (including phenoxy) is 6. The lowest BCUT2D eigenvalue weighted by molar-refractivity contribution is -0.0725. The highest BCUT2D eigenvalue weighted by Gasteiger charge is 2.57. The molecule has 1 aromatic heterocycles. The van der Waals surface area contributed by atoms with Crippen LogP contribution in [-0.2, 0) is 17.6 Å². The molecule has 308 valence electrons. The van der Waals surface area contributed by atoms with E-state index in [1.165, 1.54) is 14.2 Å². The van der Waals surface area contributed by atoms with Crippen molar-refractivity contribution >= 4 is 16.9 Å². The van der Waals surface area contributed by atoms with Gasteiger partial charge in [0.15, 0.2) is 28.8 Å². The second-order valence-corrected chi connectivity index (χ2v) is 15.4. The van der Waals surface area contributed by atoms with E-state index in [2.05, 4.69) is 26.1 Å². The number of methoxy groups -OCH3 is 4. The SMILES string of the molecule is COc1c(C)c(OC)c2c(c1O)[C@@H]1[C@@H]3Cc4c(OC)c(C)c(OC)c(O)c4[C@H](CNC(=O)c4cc5cc(OCCN6CCOCC6)ccc5o4)N3[C@@H](C#N)[C@H](C2)N1C. The first kappa shape index (κ1) is 39.4. The first-order chi connectivity index (χ1) is 28.1. The normalized spacial score (nSPS) is 23.0. The number of carbonyl (C=O) groups is 1. The Morgan fingerprint density at radius 2 is 1.52 bits per heavy atom. The molecule has 4 aliphatic heterocycles. The monoisotopic (exact) mass is 797 g/mol. The Labute approximate surface area is 337 Å². The molecule has 3 N–H and O–H groups in total. The quantitative estimate of drug-likeness (QED) is 0.195. The highest BCUT2D eigenvalue weighted by atomic mass is 16.5. The summed E-state index contributed by atoms with van der Waals surface area (Å²) in [6.07, 6.45) is 0.751. The number of benzene rings is 3. The van der Waals surface area contributed by atoms with Gasteiger partial charge in [0.05, 0.1) is 59.8 Å². The topological polar surface area (TPSA) is 172 Å². The maximum Gasteiger partial charge on any atom is 0.287 e. The zero-order valence-corrected chi connectivity index (χ0v) is 34.0. The number of hydrogen-bond acceptors (Lipinski definition) is 14. The second-order valence-electron chi connectivity index (χ2n) is 15.4. The number of phenols is 2. The molecule has 15 heteroatoms. The number of phenolic OH excluding ortho intramolecular Hbond substituents is 2. The molecule has 5 atom stereocenters. The number of nitrogens with zero attached hydrogens (tertiary/aromatic N) is 4. The van der Waals surface area contributed by atoms with Crippen LogP contribution in [0.25, 0.3) is 11.0 Å². The van der Waals surface area contributed by atoms with Gasteiger partial charge in [0.25, 0.3) is 5.91 Å². The van der Waals surface area contributed by atoms with Gasteiger partial charge in [0.1, 0.15) is 35.5 Å². The van der Waals surface area contributed by atoms with Crippen molar-refractivity contribution in [3.63, 3.8) is 0 Å². The maximum atomic E-state index is 14.0. The summed E-state index contributed by atoms with van der Waals surface area (Å²) < 4.78 is 41.0. The first-order valence-corrected chi connectivity index (χ1v) is 19.6. The summed E-state index contributed by atoms with van der Waals surface area (Å²) in [5, 5.41) is 38.7. The highest BCUT2D eigenvalue weighted by Crippen LogP contribution is 2.58. The first-order valence-electron chi connectivity index (χ1n) is 19.6. The number of aromatic hydroxyl groups is 2. The number of hydrogen-bond donors (Lipinski definition) is 3. The average Bonchev–Trinajstić information content (AvgIpc) is 3.65. The van der Waals surface area contributed by atoms with Crippen molar-refractivity contribution in [1.82, 2.24) is 20.0 Å².